The molecule has 7 nitrogen and oxygen atoms in total. The second kappa shape index (κ2) is 8.47. The molecule has 3 aromatic carbocycles. The monoisotopic (exact) mass is 428 g/mol. The van der Waals surface area contributed by atoms with Gasteiger partial charge in [-0.15, -0.1) is 0 Å². The first-order valence-corrected chi connectivity index (χ1v) is 10.0. The summed E-state index contributed by atoms with van der Waals surface area (Å²) in [5, 5.41) is 2.63. The van der Waals surface area contributed by atoms with Crippen LogP contribution in [0.15, 0.2) is 72.8 Å². The molecule has 7 heteroatoms. The van der Waals surface area contributed by atoms with Gasteiger partial charge in [-0.1, -0.05) is 30.3 Å². The molecule has 0 saturated heterocycles. The average molecular weight is 428 g/mol. The minimum absolute atomic E-state index is 0.141. The fourth-order valence-electron chi connectivity index (χ4n) is 3.52. The highest BCUT2D eigenvalue weighted by Crippen LogP contribution is 2.30. The number of nitrogens with one attached hydrogen (secondary N) is 1. The van der Waals surface area contributed by atoms with Gasteiger partial charge in [0, 0.05) is 12.6 Å². The number of nitrogens with zero attached hydrogens (tertiary/aromatic N) is 1. The van der Waals surface area contributed by atoms with Gasteiger partial charge >= 0.3 is 5.97 Å². The first-order chi connectivity index (χ1) is 15.3. The third-order valence-electron chi connectivity index (χ3n) is 5.12. The van der Waals surface area contributed by atoms with E-state index in [1.807, 2.05) is 30.3 Å². The van der Waals surface area contributed by atoms with Crippen molar-refractivity contribution >= 4 is 35.1 Å². The fraction of sp³-hybridized carbons (Fsp3) is 0.120. The summed E-state index contributed by atoms with van der Waals surface area (Å²) >= 11 is 0. The SMILES string of the molecule is CC(=O)Nc1ccc(N2C(=O)c3ccc(C(=O)OC(C)c4ccccc4)cc3C2=O)cc1. The topological polar surface area (TPSA) is 92.8 Å². The number of carbonyl (C=O) groups excluding carboxylic acids is 4. The number of amides is 3. The predicted molar refractivity (Wildman–Crippen MR) is 119 cm³/mol. The summed E-state index contributed by atoms with van der Waals surface area (Å²) in [5.41, 5.74) is 2.32. The number of imide groups is 1. The molecule has 3 aromatic rings. The number of ether oxygens (including phenoxy) is 1. The number of benzene rings is 3. The van der Waals surface area contributed by atoms with Crippen LogP contribution in [-0.4, -0.2) is 23.7 Å². The van der Waals surface area contributed by atoms with E-state index >= 15 is 0 Å². The van der Waals surface area contributed by atoms with Crippen LogP contribution in [0.5, 0.6) is 0 Å². The number of carbonyl (C=O) groups is 4. The van der Waals surface area contributed by atoms with Crippen molar-refractivity contribution in [3.63, 3.8) is 0 Å². The minimum Gasteiger partial charge on any atom is -0.454 e. The molecular weight excluding hydrogens is 408 g/mol. The van der Waals surface area contributed by atoms with Gasteiger partial charge in [0.2, 0.25) is 5.91 Å². The van der Waals surface area contributed by atoms with E-state index in [4.69, 9.17) is 4.74 Å². The third kappa shape index (κ3) is 4.00. The van der Waals surface area contributed by atoms with Crippen LogP contribution >= 0.6 is 0 Å². The zero-order valence-corrected chi connectivity index (χ0v) is 17.5. The van der Waals surface area contributed by atoms with Gasteiger partial charge in [-0.25, -0.2) is 9.69 Å². The third-order valence-corrected chi connectivity index (χ3v) is 5.12. The molecule has 1 N–H and O–H groups in total. The van der Waals surface area contributed by atoms with E-state index in [1.54, 1.807) is 31.2 Å². The maximum absolute atomic E-state index is 13.0. The van der Waals surface area contributed by atoms with Crippen molar-refractivity contribution in [1.29, 1.82) is 0 Å². The number of hydrogen-bond donors (Lipinski definition) is 1. The lowest BCUT2D eigenvalue weighted by Crippen LogP contribution is -2.29. The molecule has 1 heterocycles. The highest BCUT2D eigenvalue weighted by Gasteiger charge is 2.37. The van der Waals surface area contributed by atoms with E-state index in [0.29, 0.717) is 11.4 Å². The quantitative estimate of drug-likeness (QED) is 0.481. The second-order valence-electron chi connectivity index (χ2n) is 7.39. The Morgan fingerprint density at radius 3 is 2.19 bits per heavy atom. The summed E-state index contributed by atoms with van der Waals surface area (Å²) in [4.78, 5) is 50.7. The molecule has 1 aliphatic heterocycles. The lowest BCUT2D eigenvalue weighted by Gasteiger charge is -2.14. The summed E-state index contributed by atoms with van der Waals surface area (Å²) in [5.74, 6) is -1.81. The molecule has 0 bridgehead atoms. The van der Waals surface area contributed by atoms with Crippen LogP contribution in [0.4, 0.5) is 11.4 Å². The van der Waals surface area contributed by atoms with Gasteiger partial charge in [-0.3, -0.25) is 14.4 Å². The normalized spacial score (nSPS) is 13.5. The molecule has 32 heavy (non-hydrogen) atoms. The van der Waals surface area contributed by atoms with Gasteiger partial charge in [-0.05, 0) is 55.0 Å². The number of rotatable bonds is 5. The van der Waals surface area contributed by atoms with Crippen LogP contribution in [0.1, 0.15) is 56.6 Å². The van der Waals surface area contributed by atoms with Crippen molar-refractivity contribution in [1.82, 2.24) is 0 Å². The van der Waals surface area contributed by atoms with Gasteiger partial charge in [0.15, 0.2) is 0 Å². The number of anilines is 2. The van der Waals surface area contributed by atoms with Crippen molar-refractivity contribution in [3.8, 4) is 0 Å². The lowest BCUT2D eigenvalue weighted by atomic mass is 10.1. The van der Waals surface area contributed by atoms with Gasteiger partial charge < -0.3 is 10.1 Å². The summed E-state index contributed by atoms with van der Waals surface area (Å²) in [7, 11) is 0. The average Bonchev–Trinajstić information content (AvgIpc) is 3.04. The van der Waals surface area contributed by atoms with Gasteiger partial charge in [0.05, 0.1) is 22.4 Å². The maximum atomic E-state index is 13.0. The molecule has 0 spiro atoms. The highest BCUT2D eigenvalue weighted by molar-refractivity contribution is 6.34. The molecule has 4 rings (SSSR count). The maximum Gasteiger partial charge on any atom is 0.338 e. The minimum atomic E-state index is -0.581. The number of fused-ring (bicyclic) bond motifs is 1. The van der Waals surface area contributed by atoms with E-state index in [9.17, 15) is 19.2 Å². The molecule has 1 aliphatic rings. The Kier molecular flexibility index (Phi) is 5.55. The summed E-state index contributed by atoms with van der Waals surface area (Å²) in [6.07, 6.45) is -0.465. The Hall–Kier alpha value is -4.26. The largest absolute Gasteiger partial charge is 0.454 e. The van der Waals surface area contributed by atoms with Crippen LogP contribution in [-0.2, 0) is 9.53 Å². The molecule has 160 valence electrons. The molecular formula is C25H20N2O5. The van der Waals surface area contributed by atoms with Gasteiger partial charge in [-0.2, -0.15) is 0 Å². The van der Waals surface area contributed by atoms with E-state index in [0.717, 1.165) is 10.5 Å². The zero-order valence-electron chi connectivity index (χ0n) is 17.5. The molecule has 1 atom stereocenters. The van der Waals surface area contributed by atoms with E-state index < -0.39 is 23.9 Å². The lowest BCUT2D eigenvalue weighted by molar-refractivity contribution is -0.114. The molecule has 1 unspecified atom stereocenters. The van der Waals surface area contributed by atoms with Crippen molar-refractivity contribution in [2.24, 2.45) is 0 Å². The molecule has 0 saturated carbocycles. The molecule has 0 aliphatic carbocycles. The predicted octanol–water partition coefficient (Wildman–Crippen LogP) is 4.36. The van der Waals surface area contributed by atoms with Crippen LogP contribution in [0.3, 0.4) is 0 Å². The fourth-order valence-corrected chi connectivity index (χ4v) is 3.52. The molecule has 0 radical (unpaired) electrons. The Balaban J connectivity index is 1.55. The van der Waals surface area contributed by atoms with E-state index in [2.05, 4.69) is 5.32 Å². The number of hydrogen-bond acceptors (Lipinski definition) is 5. The molecule has 3 amide bonds. The Labute approximate surface area is 184 Å². The van der Waals surface area contributed by atoms with Crippen LogP contribution in [0.25, 0.3) is 0 Å². The molecule has 0 fully saturated rings. The first kappa shape index (κ1) is 21.0. The van der Waals surface area contributed by atoms with Crippen LogP contribution in [0.2, 0.25) is 0 Å². The summed E-state index contributed by atoms with van der Waals surface area (Å²) in [6, 6.07) is 20.0. The van der Waals surface area contributed by atoms with Gasteiger partial charge in [0.1, 0.15) is 6.10 Å². The summed E-state index contributed by atoms with van der Waals surface area (Å²) in [6.45, 7) is 3.16. The molecule has 0 aromatic heterocycles. The van der Waals surface area contributed by atoms with Crippen LogP contribution in [0, 0.1) is 0 Å². The zero-order chi connectivity index (χ0) is 22.8. The highest BCUT2D eigenvalue weighted by atomic mass is 16.5. The van der Waals surface area contributed by atoms with Crippen molar-refractivity contribution in [2.45, 2.75) is 20.0 Å². The van der Waals surface area contributed by atoms with Crippen LogP contribution < -0.4 is 10.2 Å². The Bertz CT molecular complexity index is 1220. The smallest absolute Gasteiger partial charge is 0.338 e. The van der Waals surface area contributed by atoms with Crippen molar-refractivity contribution in [2.75, 3.05) is 10.2 Å². The Morgan fingerprint density at radius 1 is 0.875 bits per heavy atom. The number of esters is 1. The van der Waals surface area contributed by atoms with Crippen molar-refractivity contribution in [3.05, 3.63) is 95.1 Å². The Morgan fingerprint density at radius 2 is 1.53 bits per heavy atom. The van der Waals surface area contributed by atoms with E-state index in [1.165, 1.54) is 25.1 Å². The van der Waals surface area contributed by atoms with Crippen molar-refractivity contribution < 1.29 is 23.9 Å². The first-order valence-electron chi connectivity index (χ1n) is 10.0. The van der Waals surface area contributed by atoms with Gasteiger partial charge in [0.25, 0.3) is 11.8 Å². The van der Waals surface area contributed by atoms with E-state index in [-0.39, 0.29) is 22.6 Å². The second-order valence-corrected chi connectivity index (χ2v) is 7.39. The standard InChI is InChI=1S/C25H20N2O5/c1-15(17-6-4-3-5-7-17)32-25(31)18-8-13-21-22(14-18)24(30)27(23(21)29)20-11-9-19(10-12-20)26-16(2)28/h3-15H,1-2H3,(H,26,28). The summed E-state index contributed by atoms with van der Waals surface area (Å²) < 4.78 is 5.52.